The molecular formula is C71H140N2O4. The second-order valence-electron chi connectivity index (χ2n) is 24.9. The van der Waals surface area contributed by atoms with Gasteiger partial charge in [0.05, 0.1) is 24.3 Å². The van der Waals surface area contributed by atoms with E-state index in [0.717, 1.165) is 76.0 Å². The highest BCUT2D eigenvalue weighted by Gasteiger charge is 2.35. The molecule has 0 aromatic rings. The molecule has 0 radical (unpaired) electrons. The molecule has 0 spiro atoms. The number of aliphatic hydroxyl groups is 2. The van der Waals surface area contributed by atoms with E-state index in [1.54, 1.807) is 0 Å². The maximum absolute atomic E-state index is 12.4. The second kappa shape index (κ2) is 60.7. The Hall–Kier alpha value is -1.40. The van der Waals surface area contributed by atoms with E-state index in [-0.39, 0.29) is 23.9 Å². The van der Waals surface area contributed by atoms with Crippen molar-refractivity contribution in [2.75, 3.05) is 0 Å². The molecule has 2 amide bonds. The van der Waals surface area contributed by atoms with Gasteiger partial charge in [-0.1, -0.05) is 323 Å². The Labute approximate surface area is 483 Å². The highest BCUT2D eigenvalue weighted by Crippen LogP contribution is 2.45. The van der Waals surface area contributed by atoms with Gasteiger partial charge in [0, 0.05) is 12.8 Å². The predicted molar refractivity (Wildman–Crippen MR) is 340 cm³/mol. The zero-order chi connectivity index (χ0) is 56.3. The van der Waals surface area contributed by atoms with Crippen molar-refractivity contribution in [1.82, 2.24) is 10.6 Å². The first-order valence-electron chi connectivity index (χ1n) is 35.4. The first-order valence-corrected chi connectivity index (χ1v) is 35.4. The van der Waals surface area contributed by atoms with E-state index in [0.29, 0.717) is 12.8 Å². The minimum atomic E-state index is -0.407. The summed E-state index contributed by atoms with van der Waals surface area (Å²) < 4.78 is 0. The van der Waals surface area contributed by atoms with Gasteiger partial charge in [-0.2, -0.15) is 0 Å². The van der Waals surface area contributed by atoms with E-state index >= 15 is 0 Å². The van der Waals surface area contributed by atoms with Gasteiger partial charge in [-0.3, -0.25) is 9.59 Å². The summed E-state index contributed by atoms with van der Waals surface area (Å²) in [6.07, 6.45) is 73.1. The molecular weight excluding hydrogens is 945 g/mol. The molecule has 6 atom stereocenters. The van der Waals surface area contributed by atoms with Gasteiger partial charge in [0.1, 0.15) is 0 Å². The molecule has 77 heavy (non-hydrogen) atoms. The summed E-state index contributed by atoms with van der Waals surface area (Å²) in [5.41, 5.74) is 0. The summed E-state index contributed by atoms with van der Waals surface area (Å²) in [5, 5.41) is 27.5. The van der Waals surface area contributed by atoms with Gasteiger partial charge in [0.15, 0.2) is 0 Å². The molecule has 1 rings (SSSR count). The van der Waals surface area contributed by atoms with Gasteiger partial charge < -0.3 is 20.8 Å². The Morgan fingerprint density at radius 3 is 0.909 bits per heavy atom. The second-order valence-corrected chi connectivity index (χ2v) is 24.9. The summed E-state index contributed by atoms with van der Waals surface area (Å²) in [5.74, 6) is 2.40. The van der Waals surface area contributed by atoms with Crippen molar-refractivity contribution < 1.29 is 19.8 Å². The van der Waals surface area contributed by atoms with Gasteiger partial charge >= 0.3 is 0 Å². The Morgan fingerprint density at radius 1 is 0.351 bits per heavy atom. The van der Waals surface area contributed by atoms with Crippen LogP contribution in [-0.2, 0) is 9.59 Å². The first-order chi connectivity index (χ1) is 37.8. The zero-order valence-electron chi connectivity index (χ0n) is 53.2. The maximum Gasteiger partial charge on any atom is 0.220 e. The molecule has 0 bridgehead atoms. The van der Waals surface area contributed by atoms with Crippen molar-refractivity contribution in [3.8, 4) is 0 Å². The van der Waals surface area contributed by atoms with Gasteiger partial charge in [-0.25, -0.2) is 0 Å². The highest BCUT2D eigenvalue weighted by atomic mass is 16.3. The van der Waals surface area contributed by atoms with Crippen molar-refractivity contribution in [2.24, 2.45) is 11.8 Å². The van der Waals surface area contributed by atoms with E-state index in [4.69, 9.17) is 0 Å². The predicted octanol–water partition coefficient (Wildman–Crippen LogP) is 22.0. The number of unbranched alkanes of at least 4 members (excludes halogenated alkanes) is 40. The third-order valence-electron chi connectivity index (χ3n) is 17.4. The lowest BCUT2D eigenvalue weighted by Crippen LogP contribution is -2.42. The number of carbonyl (C=O) groups excluding carboxylic acids is 2. The first kappa shape index (κ1) is 75.6. The van der Waals surface area contributed by atoms with Crippen molar-refractivity contribution >= 4 is 11.8 Å². The maximum atomic E-state index is 12.4. The lowest BCUT2D eigenvalue weighted by atomic mass is 10.00. The van der Waals surface area contributed by atoms with Crippen LogP contribution in [0.2, 0.25) is 0 Å². The highest BCUT2D eigenvalue weighted by molar-refractivity contribution is 5.76. The van der Waals surface area contributed by atoms with Crippen LogP contribution in [0.5, 0.6) is 0 Å². The van der Waals surface area contributed by atoms with Crippen molar-refractivity contribution in [1.29, 1.82) is 0 Å². The van der Waals surface area contributed by atoms with Crippen LogP contribution >= 0.6 is 0 Å². The van der Waals surface area contributed by atoms with E-state index in [2.05, 4.69) is 64.3 Å². The van der Waals surface area contributed by atoms with Gasteiger partial charge in [0.25, 0.3) is 0 Å². The van der Waals surface area contributed by atoms with Crippen LogP contribution in [0.1, 0.15) is 395 Å². The average Bonchev–Trinajstić information content (AvgIpc) is 4.19. The smallest absolute Gasteiger partial charge is 0.220 e. The number of nitrogens with one attached hydrogen (secondary N) is 2. The lowest BCUT2D eigenvalue weighted by Gasteiger charge is -2.23. The molecule has 1 aliphatic rings. The SMILES string of the molecule is CCCCCC/C=C\CCCCCCCCCC(O)C(CC)NC(=O)CCCCCCCCCCCCC.CCCCCCCCCCCCCC(=O)NC(CC)C(O)CCCCCCCCCC1CC1CCCCCC. The number of carbonyl (C=O) groups is 2. The summed E-state index contributed by atoms with van der Waals surface area (Å²) in [7, 11) is 0. The fourth-order valence-electron chi connectivity index (χ4n) is 11.7. The summed E-state index contributed by atoms with van der Waals surface area (Å²) >= 11 is 0. The Bertz CT molecular complexity index is 1220. The molecule has 4 N–H and O–H groups in total. The normalized spacial score (nSPS) is 15.8. The lowest BCUT2D eigenvalue weighted by molar-refractivity contribution is -0.123. The van der Waals surface area contributed by atoms with Crippen molar-refractivity contribution in [3.05, 3.63) is 12.2 Å². The minimum absolute atomic E-state index is 0.0805. The number of aliphatic hydroxyl groups excluding tert-OH is 2. The number of hydrogen-bond donors (Lipinski definition) is 4. The molecule has 6 unspecified atom stereocenters. The Morgan fingerprint density at radius 2 is 0.597 bits per heavy atom. The largest absolute Gasteiger partial charge is 0.391 e. The van der Waals surface area contributed by atoms with Crippen LogP contribution in [0, 0.1) is 11.8 Å². The number of amides is 2. The Kier molecular flexibility index (Phi) is 59.6. The van der Waals surface area contributed by atoms with Crippen LogP contribution < -0.4 is 10.6 Å². The van der Waals surface area contributed by atoms with E-state index < -0.39 is 12.2 Å². The molecule has 1 aliphatic carbocycles. The van der Waals surface area contributed by atoms with Gasteiger partial charge in [-0.15, -0.1) is 0 Å². The molecule has 0 heterocycles. The average molecular weight is 1090 g/mol. The molecule has 6 nitrogen and oxygen atoms in total. The molecule has 1 fully saturated rings. The van der Waals surface area contributed by atoms with E-state index in [9.17, 15) is 19.8 Å². The van der Waals surface area contributed by atoms with Crippen LogP contribution in [0.4, 0.5) is 0 Å². The van der Waals surface area contributed by atoms with E-state index in [1.807, 2.05) is 0 Å². The van der Waals surface area contributed by atoms with Crippen LogP contribution in [0.25, 0.3) is 0 Å². The molecule has 0 saturated heterocycles. The molecule has 0 aromatic carbocycles. The number of allylic oxidation sites excluding steroid dienone is 2. The van der Waals surface area contributed by atoms with Gasteiger partial charge in [0.2, 0.25) is 11.8 Å². The summed E-state index contributed by atoms with van der Waals surface area (Å²) in [4.78, 5) is 24.8. The van der Waals surface area contributed by atoms with Crippen LogP contribution in [0.3, 0.4) is 0 Å². The Balaban J connectivity index is 0.00000150. The standard InChI is InChI=1S/C36H71NO2.C35H69NO2/c1-4-7-9-11-12-13-14-15-19-22-26-30-36(39)37-34(6-3)35(38)29-25-21-18-16-17-20-24-28-33-31-32(33)27-23-10-8-5-2;1-4-7-9-11-13-15-17-18-19-20-22-23-25-27-29-31-34(37)33(6-3)36-35(38)32-30-28-26-24-21-16-14-12-10-8-5-2/h32-35,38H,4-31H2,1-3H3,(H,37,39);15,17,33-34,37H,4-14,16,18-32H2,1-3H3,(H,36,38)/b;17-15-. The number of hydrogen-bond acceptors (Lipinski definition) is 4. The molecule has 1 saturated carbocycles. The fraction of sp³-hybridized carbons (Fsp3) is 0.944. The van der Waals surface area contributed by atoms with Crippen LogP contribution in [0.15, 0.2) is 12.2 Å². The summed E-state index contributed by atoms with van der Waals surface area (Å²) in [6.45, 7) is 13.3. The minimum Gasteiger partial charge on any atom is -0.391 e. The van der Waals surface area contributed by atoms with Crippen LogP contribution in [-0.4, -0.2) is 46.3 Å². The summed E-state index contributed by atoms with van der Waals surface area (Å²) in [6, 6.07) is -0.169. The third-order valence-corrected chi connectivity index (χ3v) is 17.4. The van der Waals surface area contributed by atoms with Crippen molar-refractivity contribution in [2.45, 2.75) is 419 Å². The molecule has 6 heteroatoms. The third kappa shape index (κ3) is 53.7. The zero-order valence-corrected chi connectivity index (χ0v) is 53.2. The fourth-order valence-corrected chi connectivity index (χ4v) is 11.7. The quantitative estimate of drug-likeness (QED) is 0.0360. The molecule has 458 valence electrons. The molecule has 0 aromatic heterocycles. The topological polar surface area (TPSA) is 98.7 Å². The monoisotopic (exact) mass is 1090 g/mol. The van der Waals surface area contributed by atoms with E-state index in [1.165, 1.54) is 276 Å². The number of rotatable bonds is 60. The van der Waals surface area contributed by atoms with Gasteiger partial charge in [-0.05, 0) is 82.5 Å². The molecule has 0 aliphatic heterocycles. The van der Waals surface area contributed by atoms with Crippen molar-refractivity contribution in [3.63, 3.8) is 0 Å².